The van der Waals surface area contributed by atoms with Gasteiger partial charge in [-0.15, -0.1) is 0 Å². The third-order valence-corrected chi connectivity index (χ3v) is 7.68. The van der Waals surface area contributed by atoms with Crippen LogP contribution in [0.25, 0.3) is 22.3 Å². The van der Waals surface area contributed by atoms with Crippen LogP contribution in [0.1, 0.15) is 20.8 Å². The van der Waals surface area contributed by atoms with Crippen LogP contribution in [0.3, 0.4) is 0 Å². The Balaban J connectivity index is 1.43. The molecule has 2 aliphatic heterocycles. The molecule has 6 N–H and O–H groups in total. The molecule has 5 rings (SSSR count). The van der Waals surface area contributed by atoms with E-state index in [0.717, 1.165) is 32.9 Å². The Labute approximate surface area is 281 Å². The van der Waals surface area contributed by atoms with E-state index in [0.29, 0.717) is 0 Å². The fourth-order valence-corrected chi connectivity index (χ4v) is 5.49. The van der Waals surface area contributed by atoms with Crippen molar-refractivity contribution in [3.05, 3.63) is 46.6 Å². The first kappa shape index (κ1) is 36.3. The van der Waals surface area contributed by atoms with Crippen molar-refractivity contribution in [1.82, 2.24) is 0 Å². The summed E-state index contributed by atoms with van der Waals surface area (Å²) in [5.41, 5.74) is -1.05. The minimum absolute atomic E-state index is 0.125. The van der Waals surface area contributed by atoms with Gasteiger partial charge in [-0.1, -0.05) is 0 Å². The minimum Gasteiger partial charge on any atom is -0.508 e. The smallest absolute Gasteiger partial charge is 0.303 e. The average molecular weight is 707 g/mol. The Morgan fingerprint density at radius 3 is 2.08 bits per heavy atom. The fourth-order valence-electron chi connectivity index (χ4n) is 5.49. The highest BCUT2D eigenvalue weighted by atomic mass is 16.7. The molecular formula is C32H34O18. The Morgan fingerprint density at radius 1 is 0.800 bits per heavy atom. The van der Waals surface area contributed by atoms with Crippen LogP contribution in [0.15, 0.2) is 45.6 Å². The highest BCUT2D eigenvalue weighted by molar-refractivity contribution is 5.88. The van der Waals surface area contributed by atoms with Gasteiger partial charge in [0.1, 0.15) is 52.6 Å². The quantitative estimate of drug-likeness (QED) is 0.126. The molecule has 18 heteroatoms. The summed E-state index contributed by atoms with van der Waals surface area (Å²) in [6, 6.07) is 7.24. The van der Waals surface area contributed by atoms with Crippen LogP contribution in [0.2, 0.25) is 0 Å². The molecule has 0 aliphatic carbocycles. The standard InChI is InChI=1S/C32H34O18/c1-12(33)45-21-11-44-32(30(47-14(3)35)28(21)46-13(2)34)43-10-20-23(39)25(41)26(42)31(49-20)50-29-24(40)22-18(38)8-17(37)9-19(22)48-27(29)15-4-6-16(36)7-5-15/h4-9,20-21,23,25-26,28,30-32,36-39,41-42H,10-11H2,1-3H3/t20?,21-,23+,25?,26?,28-,30?,31-,32+/m0/s1. The van der Waals surface area contributed by atoms with Crippen molar-refractivity contribution in [2.24, 2.45) is 0 Å². The van der Waals surface area contributed by atoms with E-state index >= 15 is 0 Å². The van der Waals surface area contributed by atoms with Crippen LogP contribution in [0.4, 0.5) is 0 Å². The van der Waals surface area contributed by atoms with Crippen molar-refractivity contribution in [1.29, 1.82) is 0 Å². The van der Waals surface area contributed by atoms with E-state index in [1.165, 1.54) is 24.3 Å². The summed E-state index contributed by atoms with van der Waals surface area (Å²) in [7, 11) is 0. The topological polar surface area (TPSA) is 267 Å². The number of phenolic OH excluding ortho intramolecular Hbond substituents is 3. The number of aliphatic hydroxyl groups is 3. The molecule has 4 unspecified atom stereocenters. The largest absolute Gasteiger partial charge is 0.508 e. The molecule has 3 heterocycles. The fraction of sp³-hybridized carbons (Fsp3) is 0.438. The predicted octanol–water partition coefficient (Wildman–Crippen LogP) is -0.0688. The molecule has 50 heavy (non-hydrogen) atoms. The molecule has 0 bridgehead atoms. The average Bonchev–Trinajstić information content (AvgIpc) is 3.03. The molecule has 0 saturated carbocycles. The molecule has 2 aromatic carbocycles. The molecule has 0 spiro atoms. The second kappa shape index (κ2) is 14.9. The van der Waals surface area contributed by atoms with Crippen molar-refractivity contribution in [3.8, 4) is 34.3 Å². The number of aliphatic hydroxyl groups excluding tert-OH is 3. The molecule has 0 radical (unpaired) electrons. The van der Waals surface area contributed by atoms with E-state index in [2.05, 4.69) is 0 Å². The van der Waals surface area contributed by atoms with Crippen molar-refractivity contribution in [3.63, 3.8) is 0 Å². The number of phenols is 3. The zero-order chi connectivity index (χ0) is 36.4. The van der Waals surface area contributed by atoms with Crippen LogP contribution in [0, 0.1) is 0 Å². The predicted molar refractivity (Wildman–Crippen MR) is 163 cm³/mol. The van der Waals surface area contributed by atoms with Crippen molar-refractivity contribution >= 4 is 28.9 Å². The zero-order valence-corrected chi connectivity index (χ0v) is 26.7. The summed E-state index contributed by atoms with van der Waals surface area (Å²) in [4.78, 5) is 49.2. The summed E-state index contributed by atoms with van der Waals surface area (Å²) < 4.78 is 44.4. The second-order valence-corrected chi connectivity index (χ2v) is 11.4. The molecule has 1 aromatic heterocycles. The number of hydrogen-bond donors (Lipinski definition) is 6. The number of fused-ring (bicyclic) bond motifs is 1. The lowest BCUT2D eigenvalue weighted by Crippen LogP contribution is -2.62. The van der Waals surface area contributed by atoms with Gasteiger partial charge in [-0.3, -0.25) is 19.2 Å². The van der Waals surface area contributed by atoms with Gasteiger partial charge in [0, 0.05) is 38.5 Å². The maximum absolute atomic E-state index is 13.7. The van der Waals surface area contributed by atoms with Crippen LogP contribution in [0.5, 0.6) is 23.0 Å². The van der Waals surface area contributed by atoms with Crippen LogP contribution < -0.4 is 10.2 Å². The lowest BCUT2D eigenvalue weighted by Gasteiger charge is -2.42. The first-order valence-corrected chi connectivity index (χ1v) is 15.1. The molecule has 2 fully saturated rings. The van der Waals surface area contributed by atoms with E-state index < -0.39 is 108 Å². The molecule has 9 atom stereocenters. The van der Waals surface area contributed by atoms with E-state index in [1.54, 1.807) is 0 Å². The van der Waals surface area contributed by atoms with E-state index in [-0.39, 0.29) is 29.3 Å². The van der Waals surface area contributed by atoms with Crippen molar-refractivity contribution in [2.45, 2.75) is 76.1 Å². The maximum Gasteiger partial charge on any atom is 0.303 e. The first-order chi connectivity index (χ1) is 23.6. The normalized spacial score (nSPS) is 28.1. The molecule has 270 valence electrons. The number of hydrogen-bond acceptors (Lipinski definition) is 18. The van der Waals surface area contributed by atoms with Crippen LogP contribution in [-0.4, -0.2) is 117 Å². The summed E-state index contributed by atoms with van der Waals surface area (Å²) in [6.45, 7) is 2.23. The van der Waals surface area contributed by atoms with Gasteiger partial charge in [0.2, 0.25) is 17.5 Å². The number of aromatic hydroxyl groups is 3. The second-order valence-electron chi connectivity index (χ2n) is 11.4. The number of ether oxygens (including phenoxy) is 7. The van der Waals surface area contributed by atoms with Gasteiger partial charge >= 0.3 is 17.9 Å². The van der Waals surface area contributed by atoms with Crippen LogP contribution in [-0.2, 0) is 42.8 Å². The molecule has 2 aliphatic rings. The SMILES string of the molecule is CC(=O)OC1[C@H](OCC2O[C@@H](Oc3c(-c4ccc(O)cc4)oc4cc(O)cc(O)c4c3=O)C(O)C(O)[C@@H]2O)OC[C@H](OC(C)=O)[C@@H]1OC(C)=O. The lowest BCUT2D eigenvalue weighted by atomic mass is 9.99. The maximum atomic E-state index is 13.7. The molecular weight excluding hydrogens is 672 g/mol. The number of carbonyl (C=O) groups excluding carboxylic acids is 3. The summed E-state index contributed by atoms with van der Waals surface area (Å²) >= 11 is 0. The van der Waals surface area contributed by atoms with Gasteiger partial charge < -0.3 is 68.2 Å². The van der Waals surface area contributed by atoms with E-state index in [4.69, 9.17) is 37.6 Å². The number of carbonyl (C=O) groups is 3. The number of esters is 3. The Bertz CT molecular complexity index is 1790. The third kappa shape index (κ3) is 7.75. The highest BCUT2D eigenvalue weighted by Gasteiger charge is 2.50. The number of rotatable bonds is 9. The van der Waals surface area contributed by atoms with Gasteiger partial charge in [-0.2, -0.15) is 0 Å². The monoisotopic (exact) mass is 706 g/mol. The van der Waals surface area contributed by atoms with Gasteiger partial charge in [0.25, 0.3) is 0 Å². The summed E-state index contributed by atoms with van der Waals surface area (Å²) in [6.07, 6.45) is -14.7. The lowest BCUT2D eigenvalue weighted by molar-refractivity contribution is -0.310. The van der Waals surface area contributed by atoms with E-state index in [9.17, 15) is 49.8 Å². The Morgan fingerprint density at radius 2 is 1.44 bits per heavy atom. The van der Waals surface area contributed by atoms with E-state index in [1.807, 2.05) is 0 Å². The molecule has 0 amide bonds. The summed E-state index contributed by atoms with van der Waals surface area (Å²) in [5, 5.41) is 62.2. The third-order valence-electron chi connectivity index (χ3n) is 7.68. The first-order valence-electron chi connectivity index (χ1n) is 15.1. The Kier molecular flexibility index (Phi) is 10.8. The van der Waals surface area contributed by atoms with Gasteiger partial charge in [0.05, 0.1) is 13.2 Å². The highest BCUT2D eigenvalue weighted by Crippen LogP contribution is 2.37. The number of benzene rings is 2. The molecule has 3 aromatic rings. The van der Waals surface area contributed by atoms with Gasteiger partial charge in [-0.05, 0) is 24.3 Å². The molecule has 18 nitrogen and oxygen atoms in total. The Hall–Kier alpha value is -4.98. The van der Waals surface area contributed by atoms with Gasteiger partial charge in [-0.25, -0.2) is 0 Å². The van der Waals surface area contributed by atoms with Crippen molar-refractivity contribution in [2.75, 3.05) is 13.2 Å². The van der Waals surface area contributed by atoms with Crippen LogP contribution >= 0.6 is 0 Å². The van der Waals surface area contributed by atoms with Gasteiger partial charge in [0.15, 0.2) is 30.4 Å². The molecule has 2 saturated heterocycles. The summed E-state index contributed by atoms with van der Waals surface area (Å²) in [5.74, 6) is -4.50. The minimum atomic E-state index is -1.98. The van der Waals surface area contributed by atoms with Crippen molar-refractivity contribution < 1.29 is 82.6 Å². The zero-order valence-electron chi connectivity index (χ0n) is 26.7.